The van der Waals surface area contributed by atoms with Gasteiger partial charge in [0.05, 0.1) is 4.92 Å². The molecule has 0 saturated carbocycles. The lowest BCUT2D eigenvalue weighted by Crippen LogP contribution is -2.36. The van der Waals surface area contributed by atoms with Crippen LogP contribution in [0.1, 0.15) is 12.8 Å². The van der Waals surface area contributed by atoms with Crippen LogP contribution in [-0.4, -0.2) is 31.6 Å². The highest BCUT2D eigenvalue weighted by Crippen LogP contribution is 2.22. The highest BCUT2D eigenvalue weighted by molar-refractivity contribution is 5.52. The molecule has 1 unspecified atom stereocenters. The zero-order chi connectivity index (χ0) is 13.0. The van der Waals surface area contributed by atoms with Gasteiger partial charge in [-0.1, -0.05) is 6.07 Å². The van der Waals surface area contributed by atoms with E-state index in [1.54, 1.807) is 12.1 Å². The Labute approximate surface area is 107 Å². The van der Waals surface area contributed by atoms with Crippen molar-refractivity contribution >= 4 is 11.4 Å². The monoisotopic (exact) mass is 249 g/mol. The number of nitrogens with one attached hydrogen (secondary N) is 1. The molecule has 1 heterocycles. The molecule has 0 aliphatic carbocycles. The van der Waals surface area contributed by atoms with Crippen LogP contribution in [-0.2, 0) is 0 Å². The van der Waals surface area contributed by atoms with Crippen molar-refractivity contribution in [1.29, 1.82) is 0 Å². The van der Waals surface area contributed by atoms with Crippen molar-refractivity contribution in [1.82, 2.24) is 5.32 Å². The molecule has 0 spiro atoms. The number of nitrogens with zero attached hydrogens (tertiary/aromatic N) is 2. The number of nitro benzene ring substituents is 1. The van der Waals surface area contributed by atoms with Crippen LogP contribution in [0.5, 0.6) is 0 Å². The van der Waals surface area contributed by atoms with Crippen molar-refractivity contribution in [2.45, 2.75) is 12.8 Å². The van der Waals surface area contributed by atoms with Crippen molar-refractivity contribution < 1.29 is 4.92 Å². The molecular weight excluding hydrogens is 230 g/mol. The molecule has 1 saturated heterocycles. The van der Waals surface area contributed by atoms with Gasteiger partial charge in [0, 0.05) is 31.4 Å². The van der Waals surface area contributed by atoms with Crippen LogP contribution in [0, 0.1) is 16.0 Å². The van der Waals surface area contributed by atoms with Gasteiger partial charge >= 0.3 is 0 Å². The standard InChI is InChI=1S/C13H19N3O2/c1-15(10-11-4-3-7-14-9-11)12-5-2-6-13(8-12)16(17)18/h2,5-6,8,11,14H,3-4,7,9-10H2,1H3. The van der Waals surface area contributed by atoms with Crippen LogP contribution in [0.3, 0.4) is 0 Å². The fourth-order valence-electron chi connectivity index (χ4n) is 2.42. The van der Waals surface area contributed by atoms with Gasteiger partial charge < -0.3 is 10.2 Å². The Morgan fingerprint density at radius 3 is 3.06 bits per heavy atom. The normalized spacial score (nSPS) is 19.5. The minimum atomic E-state index is -0.348. The van der Waals surface area contributed by atoms with Gasteiger partial charge in [0.1, 0.15) is 0 Å². The van der Waals surface area contributed by atoms with E-state index < -0.39 is 0 Å². The second-order valence-electron chi connectivity index (χ2n) is 4.87. The number of hydrogen-bond acceptors (Lipinski definition) is 4. The molecule has 5 nitrogen and oxygen atoms in total. The highest BCUT2D eigenvalue weighted by atomic mass is 16.6. The Morgan fingerprint density at radius 1 is 1.56 bits per heavy atom. The van der Waals surface area contributed by atoms with Gasteiger partial charge in [-0.05, 0) is 37.9 Å². The third-order valence-electron chi connectivity index (χ3n) is 3.41. The summed E-state index contributed by atoms with van der Waals surface area (Å²) in [5, 5.41) is 14.1. The maximum absolute atomic E-state index is 10.7. The molecule has 98 valence electrons. The first kappa shape index (κ1) is 12.8. The van der Waals surface area contributed by atoms with E-state index in [0.717, 1.165) is 25.3 Å². The molecule has 1 aromatic carbocycles. The van der Waals surface area contributed by atoms with Crippen LogP contribution >= 0.6 is 0 Å². The van der Waals surface area contributed by atoms with E-state index in [4.69, 9.17) is 0 Å². The van der Waals surface area contributed by atoms with E-state index in [1.165, 1.54) is 18.9 Å². The Bertz CT molecular complexity index is 416. The van der Waals surface area contributed by atoms with Crippen LogP contribution in [0.2, 0.25) is 0 Å². The SMILES string of the molecule is CN(CC1CCCNC1)c1cccc([N+](=O)[O-])c1. The predicted octanol–water partition coefficient (Wildman–Crippen LogP) is 2.03. The summed E-state index contributed by atoms with van der Waals surface area (Å²) >= 11 is 0. The maximum atomic E-state index is 10.7. The van der Waals surface area contributed by atoms with E-state index >= 15 is 0 Å². The molecule has 1 aliphatic rings. The number of anilines is 1. The fourth-order valence-corrected chi connectivity index (χ4v) is 2.42. The van der Waals surface area contributed by atoms with Gasteiger partial charge in [-0.2, -0.15) is 0 Å². The minimum Gasteiger partial charge on any atom is -0.374 e. The van der Waals surface area contributed by atoms with E-state index in [2.05, 4.69) is 10.2 Å². The van der Waals surface area contributed by atoms with Crippen molar-refractivity contribution in [3.05, 3.63) is 34.4 Å². The summed E-state index contributed by atoms with van der Waals surface area (Å²) in [5.74, 6) is 0.628. The highest BCUT2D eigenvalue weighted by Gasteiger charge is 2.16. The van der Waals surface area contributed by atoms with Gasteiger partial charge in [-0.15, -0.1) is 0 Å². The number of nitro groups is 1. The molecule has 0 radical (unpaired) electrons. The van der Waals surface area contributed by atoms with Crippen molar-refractivity contribution in [2.24, 2.45) is 5.92 Å². The Balaban J connectivity index is 2.01. The molecule has 0 bridgehead atoms. The van der Waals surface area contributed by atoms with Gasteiger partial charge in [0.2, 0.25) is 0 Å². The van der Waals surface area contributed by atoms with Gasteiger partial charge in [-0.25, -0.2) is 0 Å². The lowest BCUT2D eigenvalue weighted by atomic mass is 9.99. The molecule has 0 amide bonds. The zero-order valence-corrected chi connectivity index (χ0v) is 10.6. The average molecular weight is 249 g/mol. The quantitative estimate of drug-likeness (QED) is 0.655. The maximum Gasteiger partial charge on any atom is 0.271 e. The van der Waals surface area contributed by atoms with Gasteiger partial charge in [0.15, 0.2) is 0 Å². The molecule has 5 heteroatoms. The van der Waals surface area contributed by atoms with Crippen LogP contribution in [0.4, 0.5) is 11.4 Å². The second-order valence-corrected chi connectivity index (χ2v) is 4.87. The molecule has 18 heavy (non-hydrogen) atoms. The van der Waals surface area contributed by atoms with Crippen molar-refractivity contribution in [2.75, 3.05) is 31.6 Å². The Morgan fingerprint density at radius 2 is 2.39 bits per heavy atom. The minimum absolute atomic E-state index is 0.154. The summed E-state index contributed by atoms with van der Waals surface area (Å²) < 4.78 is 0. The predicted molar refractivity (Wildman–Crippen MR) is 72.0 cm³/mol. The van der Waals surface area contributed by atoms with Gasteiger partial charge in [0.25, 0.3) is 5.69 Å². The first-order valence-electron chi connectivity index (χ1n) is 6.33. The van der Waals surface area contributed by atoms with E-state index in [-0.39, 0.29) is 10.6 Å². The summed E-state index contributed by atoms with van der Waals surface area (Å²) in [6.45, 7) is 3.09. The first-order chi connectivity index (χ1) is 8.66. The number of piperidine rings is 1. The summed E-state index contributed by atoms with van der Waals surface area (Å²) in [6.07, 6.45) is 2.44. The summed E-state index contributed by atoms with van der Waals surface area (Å²) in [4.78, 5) is 12.5. The summed E-state index contributed by atoms with van der Waals surface area (Å²) in [6, 6.07) is 6.82. The molecule has 0 aromatic heterocycles. The molecule has 1 N–H and O–H groups in total. The number of non-ortho nitro benzene ring substituents is 1. The topological polar surface area (TPSA) is 58.4 Å². The second kappa shape index (κ2) is 5.82. The number of rotatable bonds is 4. The molecular formula is C13H19N3O2. The third kappa shape index (κ3) is 3.20. The van der Waals surface area contributed by atoms with Crippen LogP contribution in [0.15, 0.2) is 24.3 Å². The zero-order valence-electron chi connectivity index (χ0n) is 10.6. The first-order valence-corrected chi connectivity index (χ1v) is 6.33. The van der Waals surface area contributed by atoms with Crippen LogP contribution < -0.4 is 10.2 Å². The van der Waals surface area contributed by atoms with E-state index in [9.17, 15) is 10.1 Å². The summed E-state index contributed by atoms with van der Waals surface area (Å²) in [5.41, 5.74) is 1.07. The fraction of sp³-hybridized carbons (Fsp3) is 0.538. The number of benzene rings is 1. The Hall–Kier alpha value is -1.62. The van der Waals surface area contributed by atoms with E-state index in [0.29, 0.717) is 5.92 Å². The Kier molecular flexibility index (Phi) is 4.15. The molecule has 1 fully saturated rings. The van der Waals surface area contributed by atoms with E-state index in [1.807, 2.05) is 13.1 Å². The van der Waals surface area contributed by atoms with Crippen LogP contribution in [0.25, 0.3) is 0 Å². The van der Waals surface area contributed by atoms with Gasteiger partial charge in [-0.3, -0.25) is 10.1 Å². The number of hydrogen-bond donors (Lipinski definition) is 1. The molecule has 1 aromatic rings. The lowest BCUT2D eigenvalue weighted by molar-refractivity contribution is -0.384. The van der Waals surface area contributed by atoms with Crippen molar-refractivity contribution in [3.63, 3.8) is 0 Å². The lowest BCUT2D eigenvalue weighted by Gasteiger charge is -2.28. The molecule has 2 rings (SSSR count). The van der Waals surface area contributed by atoms with Crippen molar-refractivity contribution in [3.8, 4) is 0 Å². The third-order valence-corrected chi connectivity index (χ3v) is 3.41. The smallest absolute Gasteiger partial charge is 0.271 e. The summed E-state index contributed by atoms with van der Waals surface area (Å²) in [7, 11) is 1.99. The largest absolute Gasteiger partial charge is 0.374 e. The average Bonchev–Trinajstić information content (AvgIpc) is 2.40. The molecule has 1 aliphatic heterocycles. The molecule has 1 atom stereocenters.